The predicted molar refractivity (Wildman–Crippen MR) is 81.2 cm³/mol. The molecule has 0 unspecified atom stereocenters. The molecule has 1 aliphatic heterocycles. The number of nitrogens with zero attached hydrogens (tertiary/aromatic N) is 1. The summed E-state index contributed by atoms with van der Waals surface area (Å²) in [5.74, 6) is 0.933. The highest BCUT2D eigenvalue weighted by Crippen LogP contribution is 2.17. The molecule has 0 aromatic carbocycles. The molecule has 0 bridgehead atoms. The molecule has 2 N–H and O–H groups in total. The standard InChI is InChI=1S/C15H29N3O2/c1-16-15(18-13-5-2-3-6-13)17-9-4-10-20-14-7-11-19-12-8-14/h13-14H,2-12H2,1H3,(H2,16,17,18). The van der Waals surface area contributed by atoms with E-state index in [1.54, 1.807) is 0 Å². The summed E-state index contributed by atoms with van der Waals surface area (Å²) in [6, 6.07) is 0.611. The van der Waals surface area contributed by atoms with Gasteiger partial charge in [-0.05, 0) is 32.1 Å². The minimum absolute atomic E-state index is 0.402. The lowest BCUT2D eigenvalue weighted by Crippen LogP contribution is -2.42. The molecule has 0 atom stereocenters. The van der Waals surface area contributed by atoms with Crippen LogP contribution in [0.25, 0.3) is 0 Å². The topological polar surface area (TPSA) is 54.9 Å². The molecule has 1 saturated carbocycles. The molecular formula is C15H29N3O2. The van der Waals surface area contributed by atoms with E-state index in [-0.39, 0.29) is 0 Å². The Labute approximate surface area is 122 Å². The fraction of sp³-hybridized carbons (Fsp3) is 0.933. The fourth-order valence-corrected chi connectivity index (χ4v) is 2.83. The highest BCUT2D eigenvalue weighted by molar-refractivity contribution is 5.79. The second kappa shape index (κ2) is 9.19. The molecule has 1 saturated heterocycles. The Bertz CT molecular complexity index is 285. The second-order valence-electron chi connectivity index (χ2n) is 5.66. The quantitative estimate of drug-likeness (QED) is 0.442. The molecular weight excluding hydrogens is 254 g/mol. The predicted octanol–water partition coefficient (Wildman–Crippen LogP) is 1.68. The van der Waals surface area contributed by atoms with Gasteiger partial charge in [0.15, 0.2) is 5.96 Å². The number of nitrogens with one attached hydrogen (secondary N) is 2. The van der Waals surface area contributed by atoms with Gasteiger partial charge >= 0.3 is 0 Å². The Morgan fingerprint density at radius 3 is 2.65 bits per heavy atom. The van der Waals surface area contributed by atoms with E-state index < -0.39 is 0 Å². The Balaban J connectivity index is 1.50. The maximum atomic E-state index is 5.85. The van der Waals surface area contributed by atoms with Gasteiger partial charge in [0.1, 0.15) is 0 Å². The third-order valence-corrected chi connectivity index (χ3v) is 4.06. The van der Waals surface area contributed by atoms with Crippen LogP contribution in [0.3, 0.4) is 0 Å². The summed E-state index contributed by atoms with van der Waals surface area (Å²) in [6.45, 7) is 3.43. The molecule has 0 aromatic rings. The maximum Gasteiger partial charge on any atom is 0.191 e. The van der Waals surface area contributed by atoms with Gasteiger partial charge in [-0.3, -0.25) is 4.99 Å². The maximum absolute atomic E-state index is 5.85. The first-order valence-electron chi connectivity index (χ1n) is 8.05. The van der Waals surface area contributed by atoms with Crippen LogP contribution in [0.15, 0.2) is 4.99 Å². The van der Waals surface area contributed by atoms with Gasteiger partial charge in [-0.1, -0.05) is 12.8 Å². The Hall–Kier alpha value is -0.810. The lowest BCUT2D eigenvalue weighted by atomic mass is 10.1. The van der Waals surface area contributed by atoms with E-state index in [1.807, 2.05) is 7.05 Å². The van der Waals surface area contributed by atoms with Crippen molar-refractivity contribution in [1.29, 1.82) is 0 Å². The van der Waals surface area contributed by atoms with Crippen LogP contribution in [0, 0.1) is 0 Å². The fourth-order valence-electron chi connectivity index (χ4n) is 2.83. The van der Waals surface area contributed by atoms with E-state index >= 15 is 0 Å². The van der Waals surface area contributed by atoms with Gasteiger partial charge in [0.25, 0.3) is 0 Å². The number of aliphatic imine (C=N–C) groups is 1. The Morgan fingerprint density at radius 1 is 1.20 bits per heavy atom. The average Bonchev–Trinajstić information content (AvgIpc) is 3.00. The summed E-state index contributed by atoms with van der Waals surface area (Å²) in [4.78, 5) is 4.28. The van der Waals surface area contributed by atoms with Gasteiger partial charge in [0, 0.05) is 39.5 Å². The summed E-state index contributed by atoms with van der Waals surface area (Å²) in [6.07, 6.45) is 8.72. The SMILES string of the molecule is CN=C(NCCCOC1CCOCC1)NC1CCCC1. The molecule has 1 heterocycles. The molecule has 2 aliphatic rings. The molecule has 5 heteroatoms. The van der Waals surface area contributed by atoms with E-state index in [0.717, 1.165) is 51.6 Å². The number of hydrogen-bond acceptors (Lipinski definition) is 3. The normalized spacial score (nSPS) is 22.1. The van der Waals surface area contributed by atoms with Crippen LogP contribution in [-0.2, 0) is 9.47 Å². The zero-order chi connectivity index (χ0) is 14.0. The minimum atomic E-state index is 0.402. The van der Waals surface area contributed by atoms with Crippen LogP contribution in [0.2, 0.25) is 0 Å². The molecule has 0 aromatic heterocycles. The Morgan fingerprint density at radius 2 is 1.95 bits per heavy atom. The third kappa shape index (κ3) is 5.67. The third-order valence-electron chi connectivity index (χ3n) is 4.06. The lowest BCUT2D eigenvalue weighted by molar-refractivity contribution is -0.0320. The summed E-state index contributed by atoms with van der Waals surface area (Å²) < 4.78 is 11.2. The molecule has 2 rings (SSSR count). The van der Waals surface area contributed by atoms with Gasteiger partial charge in [0.05, 0.1) is 6.10 Å². The van der Waals surface area contributed by atoms with Crippen molar-refractivity contribution in [2.24, 2.45) is 4.99 Å². The number of rotatable bonds is 6. The molecule has 5 nitrogen and oxygen atoms in total. The summed E-state index contributed by atoms with van der Waals surface area (Å²) >= 11 is 0. The van der Waals surface area contributed by atoms with Gasteiger partial charge < -0.3 is 20.1 Å². The largest absolute Gasteiger partial charge is 0.381 e. The molecule has 116 valence electrons. The second-order valence-corrected chi connectivity index (χ2v) is 5.66. The van der Waals surface area contributed by atoms with Crippen molar-refractivity contribution in [3.8, 4) is 0 Å². The van der Waals surface area contributed by atoms with Crippen LogP contribution < -0.4 is 10.6 Å². The number of hydrogen-bond donors (Lipinski definition) is 2. The van der Waals surface area contributed by atoms with Gasteiger partial charge in [0.2, 0.25) is 0 Å². The van der Waals surface area contributed by atoms with Crippen LogP contribution >= 0.6 is 0 Å². The van der Waals surface area contributed by atoms with Crippen LogP contribution in [0.5, 0.6) is 0 Å². The van der Waals surface area contributed by atoms with Crippen LogP contribution in [-0.4, -0.2) is 51.5 Å². The van der Waals surface area contributed by atoms with Crippen LogP contribution in [0.4, 0.5) is 0 Å². The van der Waals surface area contributed by atoms with Crippen molar-refractivity contribution in [2.75, 3.05) is 33.4 Å². The first kappa shape index (κ1) is 15.6. The van der Waals surface area contributed by atoms with Crippen molar-refractivity contribution < 1.29 is 9.47 Å². The van der Waals surface area contributed by atoms with Crippen molar-refractivity contribution in [1.82, 2.24) is 10.6 Å². The summed E-state index contributed by atoms with van der Waals surface area (Å²) in [5, 5.41) is 6.86. The molecule has 2 fully saturated rings. The van der Waals surface area contributed by atoms with Crippen LogP contribution in [0.1, 0.15) is 44.9 Å². The molecule has 0 radical (unpaired) electrons. The van der Waals surface area contributed by atoms with Crippen molar-refractivity contribution in [3.05, 3.63) is 0 Å². The molecule has 0 spiro atoms. The zero-order valence-corrected chi connectivity index (χ0v) is 12.7. The molecule has 1 aliphatic carbocycles. The van der Waals surface area contributed by atoms with Gasteiger partial charge in [-0.15, -0.1) is 0 Å². The van der Waals surface area contributed by atoms with Crippen molar-refractivity contribution in [2.45, 2.75) is 57.1 Å². The van der Waals surface area contributed by atoms with E-state index in [9.17, 15) is 0 Å². The smallest absolute Gasteiger partial charge is 0.191 e. The van der Waals surface area contributed by atoms with Gasteiger partial charge in [-0.25, -0.2) is 0 Å². The monoisotopic (exact) mass is 283 g/mol. The average molecular weight is 283 g/mol. The molecule has 20 heavy (non-hydrogen) atoms. The summed E-state index contributed by atoms with van der Waals surface area (Å²) in [5.41, 5.74) is 0. The van der Waals surface area contributed by atoms with Gasteiger partial charge in [-0.2, -0.15) is 0 Å². The minimum Gasteiger partial charge on any atom is -0.381 e. The van der Waals surface area contributed by atoms with Crippen molar-refractivity contribution >= 4 is 5.96 Å². The highest BCUT2D eigenvalue weighted by atomic mass is 16.5. The Kier molecular flexibility index (Phi) is 7.15. The summed E-state index contributed by atoms with van der Waals surface area (Å²) in [7, 11) is 1.84. The zero-order valence-electron chi connectivity index (χ0n) is 12.7. The van der Waals surface area contributed by atoms with E-state index in [1.165, 1.54) is 25.7 Å². The van der Waals surface area contributed by atoms with E-state index in [0.29, 0.717) is 12.1 Å². The van der Waals surface area contributed by atoms with Crippen molar-refractivity contribution in [3.63, 3.8) is 0 Å². The van der Waals surface area contributed by atoms with E-state index in [4.69, 9.17) is 9.47 Å². The first-order valence-corrected chi connectivity index (χ1v) is 8.05. The molecule has 0 amide bonds. The highest BCUT2D eigenvalue weighted by Gasteiger charge is 2.16. The number of ether oxygens (including phenoxy) is 2. The number of guanidine groups is 1. The van der Waals surface area contributed by atoms with E-state index in [2.05, 4.69) is 15.6 Å². The lowest BCUT2D eigenvalue weighted by Gasteiger charge is -2.22. The first-order chi connectivity index (χ1) is 9.88.